The molecule has 0 saturated heterocycles. The highest BCUT2D eigenvalue weighted by atomic mass is 19.1. The molecular formula is C15H15FN2O2. The van der Waals surface area contributed by atoms with Crippen molar-refractivity contribution in [3.63, 3.8) is 0 Å². The van der Waals surface area contributed by atoms with Crippen LogP contribution in [0.5, 0.6) is 0 Å². The van der Waals surface area contributed by atoms with Gasteiger partial charge in [0.1, 0.15) is 5.82 Å². The Morgan fingerprint density at radius 2 is 1.85 bits per heavy atom. The normalized spacial score (nSPS) is 11.9. The van der Waals surface area contributed by atoms with Crippen LogP contribution in [0, 0.1) is 22.9 Å². The van der Waals surface area contributed by atoms with E-state index >= 15 is 0 Å². The van der Waals surface area contributed by atoms with E-state index in [-0.39, 0.29) is 17.5 Å². The molecule has 5 heteroatoms. The topological polar surface area (TPSA) is 55.2 Å². The second kappa shape index (κ2) is 5.69. The molecular weight excluding hydrogens is 259 g/mol. The third-order valence-corrected chi connectivity index (χ3v) is 3.16. The SMILES string of the molecule is Cc1ccc(NC(C)c2ccc([N+](=O)[O-])cc2)cc1F. The quantitative estimate of drug-likeness (QED) is 0.671. The number of anilines is 1. The number of benzene rings is 2. The number of non-ortho nitro benzene ring substituents is 1. The molecule has 0 bridgehead atoms. The van der Waals surface area contributed by atoms with Gasteiger partial charge in [0, 0.05) is 23.9 Å². The summed E-state index contributed by atoms with van der Waals surface area (Å²) in [6.45, 7) is 3.62. The van der Waals surface area contributed by atoms with E-state index in [2.05, 4.69) is 5.32 Å². The van der Waals surface area contributed by atoms with Gasteiger partial charge >= 0.3 is 0 Å². The Morgan fingerprint density at radius 1 is 1.20 bits per heavy atom. The van der Waals surface area contributed by atoms with Crippen molar-refractivity contribution in [2.45, 2.75) is 19.9 Å². The molecule has 0 saturated carbocycles. The number of nitrogens with zero attached hydrogens (tertiary/aromatic N) is 1. The summed E-state index contributed by atoms with van der Waals surface area (Å²) in [7, 11) is 0. The molecule has 0 fully saturated rings. The van der Waals surface area contributed by atoms with E-state index in [4.69, 9.17) is 0 Å². The Labute approximate surface area is 116 Å². The summed E-state index contributed by atoms with van der Waals surface area (Å²) in [5.41, 5.74) is 2.23. The van der Waals surface area contributed by atoms with Gasteiger partial charge in [0.25, 0.3) is 5.69 Å². The summed E-state index contributed by atoms with van der Waals surface area (Å²) in [6, 6.07) is 11.2. The van der Waals surface area contributed by atoms with Gasteiger partial charge < -0.3 is 5.32 Å². The van der Waals surface area contributed by atoms with Crippen LogP contribution in [0.2, 0.25) is 0 Å². The molecule has 2 aromatic rings. The summed E-state index contributed by atoms with van der Waals surface area (Å²) in [6.07, 6.45) is 0. The predicted octanol–water partition coefficient (Wildman–Crippen LogP) is 4.22. The second-order valence-corrected chi connectivity index (χ2v) is 4.68. The zero-order chi connectivity index (χ0) is 14.7. The monoisotopic (exact) mass is 274 g/mol. The number of nitrogens with one attached hydrogen (secondary N) is 1. The van der Waals surface area contributed by atoms with Gasteiger partial charge in [0.15, 0.2) is 0 Å². The zero-order valence-electron chi connectivity index (χ0n) is 11.3. The Bertz CT molecular complexity index is 626. The van der Waals surface area contributed by atoms with Crippen molar-refractivity contribution in [3.8, 4) is 0 Å². The highest BCUT2D eigenvalue weighted by Crippen LogP contribution is 2.22. The van der Waals surface area contributed by atoms with Crippen molar-refractivity contribution >= 4 is 11.4 Å². The minimum absolute atomic E-state index is 0.0577. The van der Waals surface area contributed by atoms with Crippen molar-refractivity contribution in [1.29, 1.82) is 0 Å². The van der Waals surface area contributed by atoms with Gasteiger partial charge in [-0.05, 0) is 37.1 Å². The van der Waals surface area contributed by atoms with Crippen LogP contribution in [0.15, 0.2) is 42.5 Å². The summed E-state index contributed by atoms with van der Waals surface area (Å²) in [5, 5.41) is 13.8. The van der Waals surface area contributed by atoms with Crippen LogP contribution in [-0.4, -0.2) is 4.92 Å². The van der Waals surface area contributed by atoms with E-state index in [1.807, 2.05) is 6.92 Å². The van der Waals surface area contributed by atoms with E-state index in [1.165, 1.54) is 18.2 Å². The lowest BCUT2D eigenvalue weighted by Gasteiger charge is -2.16. The van der Waals surface area contributed by atoms with Gasteiger partial charge in [-0.15, -0.1) is 0 Å². The number of nitro groups is 1. The van der Waals surface area contributed by atoms with Crippen LogP contribution in [-0.2, 0) is 0 Å². The number of hydrogen-bond donors (Lipinski definition) is 1. The third kappa shape index (κ3) is 3.12. The van der Waals surface area contributed by atoms with Gasteiger partial charge in [0.05, 0.1) is 4.92 Å². The van der Waals surface area contributed by atoms with Crippen LogP contribution in [0.25, 0.3) is 0 Å². The number of aryl methyl sites for hydroxylation is 1. The smallest absolute Gasteiger partial charge is 0.269 e. The van der Waals surface area contributed by atoms with Crippen molar-refractivity contribution in [2.75, 3.05) is 5.32 Å². The van der Waals surface area contributed by atoms with Crippen LogP contribution in [0.1, 0.15) is 24.1 Å². The van der Waals surface area contributed by atoms with E-state index in [0.717, 1.165) is 5.56 Å². The first-order chi connectivity index (χ1) is 9.47. The lowest BCUT2D eigenvalue weighted by molar-refractivity contribution is -0.384. The summed E-state index contributed by atoms with van der Waals surface area (Å²) < 4.78 is 13.5. The number of rotatable bonds is 4. The minimum Gasteiger partial charge on any atom is -0.378 e. The average Bonchev–Trinajstić information content (AvgIpc) is 2.43. The Balaban J connectivity index is 2.12. The number of nitro benzene ring substituents is 1. The maximum Gasteiger partial charge on any atom is 0.269 e. The third-order valence-electron chi connectivity index (χ3n) is 3.16. The molecule has 0 amide bonds. The van der Waals surface area contributed by atoms with Crippen LogP contribution in [0.4, 0.5) is 15.8 Å². The van der Waals surface area contributed by atoms with Crippen LogP contribution < -0.4 is 5.32 Å². The van der Waals surface area contributed by atoms with Gasteiger partial charge in [-0.25, -0.2) is 4.39 Å². The number of halogens is 1. The molecule has 1 atom stereocenters. The molecule has 2 rings (SSSR count). The van der Waals surface area contributed by atoms with Crippen molar-refractivity contribution in [1.82, 2.24) is 0 Å². The lowest BCUT2D eigenvalue weighted by Crippen LogP contribution is -2.07. The predicted molar refractivity (Wildman–Crippen MR) is 76.3 cm³/mol. The molecule has 4 nitrogen and oxygen atoms in total. The summed E-state index contributed by atoms with van der Waals surface area (Å²) in [4.78, 5) is 10.2. The highest BCUT2D eigenvalue weighted by molar-refractivity contribution is 5.47. The first kappa shape index (κ1) is 14.0. The van der Waals surface area contributed by atoms with Crippen molar-refractivity contribution in [2.24, 2.45) is 0 Å². The molecule has 0 spiro atoms. The molecule has 1 unspecified atom stereocenters. The fourth-order valence-corrected chi connectivity index (χ4v) is 1.90. The van der Waals surface area contributed by atoms with Crippen LogP contribution in [0.3, 0.4) is 0 Å². The summed E-state index contributed by atoms with van der Waals surface area (Å²) in [5.74, 6) is -0.258. The molecule has 0 aliphatic carbocycles. The molecule has 0 aromatic heterocycles. The Hall–Kier alpha value is -2.43. The van der Waals surface area contributed by atoms with Gasteiger partial charge in [-0.1, -0.05) is 18.2 Å². The molecule has 104 valence electrons. The van der Waals surface area contributed by atoms with Gasteiger partial charge in [-0.3, -0.25) is 10.1 Å². The largest absolute Gasteiger partial charge is 0.378 e. The molecule has 20 heavy (non-hydrogen) atoms. The first-order valence-electron chi connectivity index (χ1n) is 6.24. The summed E-state index contributed by atoms with van der Waals surface area (Å²) >= 11 is 0. The molecule has 0 aliphatic heterocycles. The molecule has 0 radical (unpaired) electrons. The lowest BCUT2D eigenvalue weighted by atomic mass is 10.1. The maximum absolute atomic E-state index is 13.5. The molecule has 2 aromatic carbocycles. The Morgan fingerprint density at radius 3 is 2.40 bits per heavy atom. The highest BCUT2D eigenvalue weighted by Gasteiger charge is 2.09. The fourth-order valence-electron chi connectivity index (χ4n) is 1.90. The van der Waals surface area contributed by atoms with E-state index in [1.54, 1.807) is 31.2 Å². The molecule has 1 N–H and O–H groups in total. The van der Waals surface area contributed by atoms with E-state index in [0.29, 0.717) is 11.3 Å². The van der Waals surface area contributed by atoms with E-state index in [9.17, 15) is 14.5 Å². The zero-order valence-corrected chi connectivity index (χ0v) is 11.3. The minimum atomic E-state index is -0.433. The molecule has 0 heterocycles. The van der Waals surface area contributed by atoms with Crippen molar-refractivity contribution in [3.05, 3.63) is 69.5 Å². The van der Waals surface area contributed by atoms with Gasteiger partial charge in [-0.2, -0.15) is 0 Å². The number of hydrogen-bond acceptors (Lipinski definition) is 3. The Kier molecular flexibility index (Phi) is 3.98. The standard InChI is InChI=1S/C15H15FN2O2/c1-10-3-6-13(9-15(10)16)17-11(2)12-4-7-14(8-5-12)18(19)20/h3-9,11,17H,1-2H3. The maximum atomic E-state index is 13.5. The fraction of sp³-hybridized carbons (Fsp3) is 0.200. The van der Waals surface area contributed by atoms with Gasteiger partial charge in [0.2, 0.25) is 0 Å². The van der Waals surface area contributed by atoms with Crippen LogP contribution >= 0.6 is 0 Å². The second-order valence-electron chi connectivity index (χ2n) is 4.68. The van der Waals surface area contributed by atoms with Crippen molar-refractivity contribution < 1.29 is 9.31 Å². The molecule has 0 aliphatic rings. The average molecular weight is 274 g/mol. The first-order valence-corrected chi connectivity index (χ1v) is 6.24. The van der Waals surface area contributed by atoms with E-state index < -0.39 is 4.92 Å².